The van der Waals surface area contributed by atoms with Gasteiger partial charge in [0.2, 0.25) is 0 Å². The van der Waals surface area contributed by atoms with Gasteiger partial charge in [0, 0.05) is 22.3 Å². The third-order valence-electron chi connectivity index (χ3n) is 5.09. The van der Waals surface area contributed by atoms with Crippen LogP contribution >= 0.6 is 0 Å². The summed E-state index contributed by atoms with van der Waals surface area (Å²) in [6, 6.07) is 18.5. The van der Waals surface area contributed by atoms with Gasteiger partial charge < -0.3 is 18.9 Å². The standard InChI is InChI=1S/C27H32O4/c1-18(2)30-14-15-31-27-21(23-16-19(3)10-12-25(23)28-5)8-7-9-22(27)24-17-20(4)11-13-26(24)29-6/h7-13,16-18H,14-15H2,1-6H3. The molecule has 0 amide bonds. The van der Waals surface area contributed by atoms with Crippen molar-refractivity contribution in [2.75, 3.05) is 27.4 Å². The van der Waals surface area contributed by atoms with E-state index in [4.69, 9.17) is 18.9 Å². The average Bonchev–Trinajstić information content (AvgIpc) is 2.76. The van der Waals surface area contributed by atoms with E-state index in [1.54, 1.807) is 14.2 Å². The summed E-state index contributed by atoms with van der Waals surface area (Å²) in [6.45, 7) is 9.16. The number of benzene rings is 3. The third kappa shape index (κ3) is 5.39. The summed E-state index contributed by atoms with van der Waals surface area (Å²) < 4.78 is 23.4. The van der Waals surface area contributed by atoms with E-state index >= 15 is 0 Å². The van der Waals surface area contributed by atoms with Gasteiger partial charge >= 0.3 is 0 Å². The van der Waals surface area contributed by atoms with Crippen molar-refractivity contribution in [3.05, 3.63) is 65.7 Å². The zero-order valence-electron chi connectivity index (χ0n) is 19.3. The van der Waals surface area contributed by atoms with E-state index in [-0.39, 0.29) is 6.10 Å². The number of aryl methyl sites for hydroxylation is 2. The van der Waals surface area contributed by atoms with Gasteiger partial charge in [-0.1, -0.05) is 41.5 Å². The topological polar surface area (TPSA) is 36.9 Å². The van der Waals surface area contributed by atoms with Crippen LogP contribution in [0.5, 0.6) is 17.2 Å². The molecule has 0 aliphatic rings. The Bertz CT molecular complexity index is 952. The Labute approximate surface area is 185 Å². The first-order valence-electron chi connectivity index (χ1n) is 10.6. The van der Waals surface area contributed by atoms with Gasteiger partial charge in [-0.3, -0.25) is 0 Å². The fraction of sp³-hybridized carbons (Fsp3) is 0.333. The average molecular weight is 421 g/mol. The molecule has 0 aromatic heterocycles. The molecule has 164 valence electrons. The zero-order valence-corrected chi connectivity index (χ0v) is 19.3. The second kappa shape index (κ2) is 10.4. The zero-order chi connectivity index (χ0) is 22.4. The molecular weight excluding hydrogens is 388 g/mol. The smallest absolute Gasteiger partial charge is 0.135 e. The van der Waals surface area contributed by atoms with Crippen molar-refractivity contribution < 1.29 is 18.9 Å². The maximum atomic E-state index is 6.37. The van der Waals surface area contributed by atoms with E-state index in [2.05, 4.69) is 38.1 Å². The Hall–Kier alpha value is -2.98. The maximum absolute atomic E-state index is 6.37. The third-order valence-corrected chi connectivity index (χ3v) is 5.09. The first-order valence-corrected chi connectivity index (χ1v) is 10.6. The Kier molecular flexibility index (Phi) is 7.59. The van der Waals surface area contributed by atoms with Crippen molar-refractivity contribution in [3.63, 3.8) is 0 Å². The minimum Gasteiger partial charge on any atom is -0.496 e. The van der Waals surface area contributed by atoms with Crippen LogP contribution in [0.2, 0.25) is 0 Å². The quantitative estimate of drug-likeness (QED) is 0.372. The van der Waals surface area contributed by atoms with Crippen LogP contribution in [0.15, 0.2) is 54.6 Å². The monoisotopic (exact) mass is 420 g/mol. The van der Waals surface area contributed by atoms with Crippen molar-refractivity contribution in [2.45, 2.75) is 33.8 Å². The molecule has 0 radical (unpaired) electrons. The van der Waals surface area contributed by atoms with E-state index in [9.17, 15) is 0 Å². The molecule has 3 aromatic rings. The fourth-order valence-corrected chi connectivity index (χ4v) is 3.61. The summed E-state index contributed by atoms with van der Waals surface area (Å²) in [5.41, 5.74) is 6.26. The van der Waals surface area contributed by atoms with Crippen LogP contribution in [0.4, 0.5) is 0 Å². The number of ether oxygens (including phenoxy) is 4. The SMILES string of the molecule is COc1ccc(C)cc1-c1cccc(-c2cc(C)ccc2OC)c1OCCOC(C)C. The normalized spacial score (nSPS) is 10.9. The molecule has 31 heavy (non-hydrogen) atoms. The van der Waals surface area contributed by atoms with E-state index < -0.39 is 0 Å². The first kappa shape index (κ1) is 22.7. The molecular formula is C27H32O4. The Morgan fingerprint density at radius 1 is 0.677 bits per heavy atom. The van der Waals surface area contributed by atoms with Gasteiger partial charge in [0.05, 0.1) is 26.9 Å². The number of para-hydroxylation sites is 1. The Balaban J connectivity index is 2.17. The molecule has 0 aliphatic heterocycles. The lowest BCUT2D eigenvalue weighted by Gasteiger charge is -2.20. The van der Waals surface area contributed by atoms with E-state index in [1.165, 1.54) is 0 Å². The van der Waals surface area contributed by atoms with Gasteiger partial charge in [0.1, 0.15) is 23.9 Å². The van der Waals surface area contributed by atoms with E-state index in [0.717, 1.165) is 50.6 Å². The second-order valence-corrected chi connectivity index (χ2v) is 7.86. The Morgan fingerprint density at radius 2 is 1.19 bits per heavy atom. The van der Waals surface area contributed by atoms with Crippen LogP contribution in [-0.2, 0) is 4.74 Å². The first-order chi connectivity index (χ1) is 14.9. The summed E-state index contributed by atoms with van der Waals surface area (Å²) in [7, 11) is 3.39. The molecule has 0 atom stereocenters. The summed E-state index contributed by atoms with van der Waals surface area (Å²) in [5, 5.41) is 0. The van der Waals surface area contributed by atoms with Gasteiger partial charge in [0.25, 0.3) is 0 Å². The van der Waals surface area contributed by atoms with Crippen LogP contribution in [0.1, 0.15) is 25.0 Å². The van der Waals surface area contributed by atoms with Crippen LogP contribution < -0.4 is 14.2 Å². The molecule has 0 N–H and O–H groups in total. The number of rotatable bonds is 9. The summed E-state index contributed by atoms with van der Waals surface area (Å²) >= 11 is 0. The Morgan fingerprint density at radius 3 is 1.65 bits per heavy atom. The predicted molar refractivity (Wildman–Crippen MR) is 126 cm³/mol. The van der Waals surface area contributed by atoms with Crippen molar-refractivity contribution in [2.24, 2.45) is 0 Å². The number of hydrogen-bond donors (Lipinski definition) is 0. The molecule has 0 saturated heterocycles. The highest BCUT2D eigenvalue weighted by atomic mass is 16.5. The lowest BCUT2D eigenvalue weighted by molar-refractivity contribution is 0.0555. The van der Waals surface area contributed by atoms with E-state index in [1.807, 2.05) is 44.2 Å². The van der Waals surface area contributed by atoms with Gasteiger partial charge in [-0.2, -0.15) is 0 Å². The van der Waals surface area contributed by atoms with Gasteiger partial charge in [-0.05, 0) is 52.0 Å². The molecule has 0 unspecified atom stereocenters. The number of hydrogen-bond acceptors (Lipinski definition) is 4. The minimum atomic E-state index is 0.159. The number of methoxy groups -OCH3 is 2. The van der Waals surface area contributed by atoms with Crippen molar-refractivity contribution in [1.29, 1.82) is 0 Å². The molecule has 0 spiro atoms. The highest BCUT2D eigenvalue weighted by molar-refractivity contribution is 5.87. The molecule has 0 bridgehead atoms. The summed E-state index contributed by atoms with van der Waals surface area (Å²) in [6.07, 6.45) is 0.159. The van der Waals surface area contributed by atoms with Crippen LogP contribution in [0, 0.1) is 13.8 Å². The predicted octanol–water partition coefficient (Wildman–Crippen LogP) is 6.46. The molecule has 0 heterocycles. The maximum Gasteiger partial charge on any atom is 0.135 e. The lowest BCUT2D eigenvalue weighted by atomic mass is 9.94. The van der Waals surface area contributed by atoms with Crippen molar-refractivity contribution in [1.82, 2.24) is 0 Å². The molecule has 3 aromatic carbocycles. The molecule has 0 saturated carbocycles. The molecule has 4 heteroatoms. The molecule has 0 fully saturated rings. The van der Waals surface area contributed by atoms with Crippen LogP contribution in [0.3, 0.4) is 0 Å². The largest absolute Gasteiger partial charge is 0.496 e. The molecule has 4 nitrogen and oxygen atoms in total. The van der Waals surface area contributed by atoms with Crippen LogP contribution in [0.25, 0.3) is 22.3 Å². The summed E-state index contributed by atoms with van der Waals surface area (Å²) in [5.74, 6) is 2.41. The van der Waals surface area contributed by atoms with Crippen LogP contribution in [-0.4, -0.2) is 33.5 Å². The molecule has 3 rings (SSSR count). The fourth-order valence-electron chi connectivity index (χ4n) is 3.61. The summed E-state index contributed by atoms with van der Waals surface area (Å²) in [4.78, 5) is 0. The van der Waals surface area contributed by atoms with Gasteiger partial charge in [-0.25, -0.2) is 0 Å². The minimum absolute atomic E-state index is 0.159. The van der Waals surface area contributed by atoms with Crippen molar-refractivity contribution >= 4 is 0 Å². The van der Waals surface area contributed by atoms with Crippen molar-refractivity contribution in [3.8, 4) is 39.5 Å². The van der Waals surface area contributed by atoms with E-state index in [0.29, 0.717) is 13.2 Å². The lowest BCUT2D eigenvalue weighted by Crippen LogP contribution is -2.12. The van der Waals surface area contributed by atoms with Gasteiger partial charge in [0.15, 0.2) is 0 Å². The molecule has 0 aliphatic carbocycles. The second-order valence-electron chi connectivity index (χ2n) is 7.86. The van der Waals surface area contributed by atoms with Gasteiger partial charge in [-0.15, -0.1) is 0 Å². The highest BCUT2D eigenvalue weighted by Gasteiger charge is 2.19. The highest BCUT2D eigenvalue weighted by Crippen LogP contribution is 2.45.